The SMILES string of the molecule is O=C(Cc1cc(F)c(F)cc1F)NCCNC(=O)c1nc(CCn2ccc3ccccc32)no1. The molecule has 0 aliphatic rings. The van der Waals surface area contributed by atoms with E-state index < -0.39 is 35.7 Å². The number of aromatic nitrogens is 3. The Morgan fingerprint density at radius 2 is 1.74 bits per heavy atom. The number of benzene rings is 2. The summed E-state index contributed by atoms with van der Waals surface area (Å²) in [5.74, 6) is -4.63. The number of hydrogen-bond donors (Lipinski definition) is 2. The van der Waals surface area contributed by atoms with Crippen LogP contribution in [0.2, 0.25) is 0 Å². The van der Waals surface area contributed by atoms with Crippen molar-refractivity contribution in [3.05, 3.63) is 83.4 Å². The molecule has 2 aromatic heterocycles. The smallest absolute Gasteiger partial charge is 0.315 e. The Morgan fingerprint density at radius 1 is 0.971 bits per heavy atom. The maximum Gasteiger partial charge on any atom is 0.315 e. The van der Waals surface area contributed by atoms with E-state index in [0.29, 0.717) is 30.9 Å². The van der Waals surface area contributed by atoms with Crippen molar-refractivity contribution in [2.45, 2.75) is 19.4 Å². The van der Waals surface area contributed by atoms with Gasteiger partial charge in [0, 0.05) is 49.4 Å². The highest BCUT2D eigenvalue weighted by atomic mass is 19.2. The third kappa shape index (κ3) is 5.42. The fraction of sp³-hybridized carbons (Fsp3) is 0.217. The van der Waals surface area contributed by atoms with Gasteiger partial charge >= 0.3 is 11.8 Å². The number of para-hydroxylation sites is 1. The van der Waals surface area contributed by atoms with Crippen molar-refractivity contribution in [3.63, 3.8) is 0 Å². The summed E-state index contributed by atoms with van der Waals surface area (Å²) < 4.78 is 46.8. The van der Waals surface area contributed by atoms with Crippen molar-refractivity contribution in [2.24, 2.45) is 0 Å². The van der Waals surface area contributed by atoms with Gasteiger partial charge in [0.15, 0.2) is 17.5 Å². The normalized spacial score (nSPS) is 11.0. The van der Waals surface area contributed by atoms with Crippen LogP contribution in [-0.2, 0) is 24.2 Å². The van der Waals surface area contributed by atoms with Crippen LogP contribution in [0.1, 0.15) is 22.1 Å². The second-order valence-electron chi connectivity index (χ2n) is 7.47. The predicted molar refractivity (Wildman–Crippen MR) is 115 cm³/mol. The highest BCUT2D eigenvalue weighted by Gasteiger charge is 2.16. The summed E-state index contributed by atoms with van der Waals surface area (Å²) >= 11 is 0. The minimum Gasteiger partial charge on any atom is -0.354 e. The standard InChI is InChI=1S/C23H20F3N5O3/c24-16-13-18(26)17(25)11-15(16)12-21(32)27-7-8-28-22(33)23-29-20(30-34-23)6-10-31-9-5-14-3-1-2-4-19(14)31/h1-5,9,11,13H,6-8,10,12H2,(H,27,32)(H,28,33). The molecule has 34 heavy (non-hydrogen) atoms. The van der Waals surface area contributed by atoms with Crippen LogP contribution in [-0.4, -0.2) is 39.6 Å². The van der Waals surface area contributed by atoms with Crippen LogP contribution in [0.15, 0.2) is 53.2 Å². The van der Waals surface area contributed by atoms with Gasteiger partial charge in [-0.05, 0) is 23.6 Å². The van der Waals surface area contributed by atoms with Gasteiger partial charge in [-0.1, -0.05) is 23.4 Å². The molecule has 2 amide bonds. The molecule has 8 nitrogen and oxygen atoms in total. The van der Waals surface area contributed by atoms with E-state index in [1.807, 2.05) is 36.5 Å². The van der Waals surface area contributed by atoms with Crippen molar-refractivity contribution in [1.82, 2.24) is 25.3 Å². The number of rotatable bonds is 9. The molecule has 0 bridgehead atoms. The number of hydrogen-bond acceptors (Lipinski definition) is 5. The van der Waals surface area contributed by atoms with Gasteiger partial charge in [-0.2, -0.15) is 4.98 Å². The molecule has 11 heteroatoms. The monoisotopic (exact) mass is 471 g/mol. The molecule has 2 heterocycles. The third-order valence-electron chi connectivity index (χ3n) is 5.09. The summed E-state index contributed by atoms with van der Waals surface area (Å²) in [5, 5.41) is 9.91. The van der Waals surface area contributed by atoms with Crippen molar-refractivity contribution in [1.29, 1.82) is 0 Å². The van der Waals surface area contributed by atoms with Crippen molar-refractivity contribution >= 4 is 22.7 Å². The van der Waals surface area contributed by atoms with Gasteiger partial charge in [0.05, 0.1) is 6.42 Å². The Labute approximate surface area is 191 Å². The van der Waals surface area contributed by atoms with Crippen LogP contribution >= 0.6 is 0 Å². The molecule has 0 saturated carbocycles. The number of carbonyl (C=O) groups is 2. The molecule has 0 radical (unpaired) electrons. The lowest BCUT2D eigenvalue weighted by molar-refractivity contribution is -0.120. The number of carbonyl (C=O) groups excluding carboxylic acids is 2. The molecular weight excluding hydrogens is 451 g/mol. The van der Waals surface area contributed by atoms with Crippen LogP contribution in [0.4, 0.5) is 13.2 Å². The topological polar surface area (TPSA) is 102 Å². The van der Waals surface area contributed by atoms with E-state index in [2.05, 4.69) is 25.3 Å². The quantitative estimate of drug-likeness (QED) is 0.289. The van der Waals surface area contributed by atoms with Gasteiger partial charge in [-0.3, -0.25) is 9.59 Å². The van der Waals surface area contributed by atoms with Gasteiger partial charge in [0.25, 0.3) is 0 Å². The van der Waals surface area contributed by atoms with E-state index in [1.54, 1.807) is 0 Å². The lowest BCUT2D eigenvalue weighted by Crippen LogP contribution is -2.35. The van der Waals surface area contributed by atoms with Gasteiger partial charge in [0.2, 0.25) is 5.91 Å². The lowest BCUT2D eigenvalue weighted by atomic mass is 10.1. The third-order valence-corrected chi connectivity index (χ3v) is 5.09. The second kappa shape index (κ2) is 10.2. The summed E-state index contributed by atoms with van der Waals surface area (Å²) in [6.45, 7) is 0.675. The largest absolute Gasteiger partial charge is 0.354 e. The molecule has 0 atom stereocenters. The van der Waals surface area contributed by atoms with Crippen LogP contribution in [0, 0.1) is 17.5 Å². The number of nitrogens with one attached hydrogen (secondary N) is 2. The number of amides is 2. The average molecular weight is 471 g/mol. The summed E-state index contributed by atoms with van der Waals surface area (Å²) in [5.41, 5.74) is 0.810. The number of aryl methyl sites for hydroxylation is 2. The van der Waals surface area contributed by atoms with E-state index in [1.165, 1.54) is 0 Å². The Bertz CT molecular complexity index is 1330. The summed E-state index contributed by atoms with van der Waals surface area (Å²) in [7, 11) is 0. The number of fused-ring (bicyclic) bond motifs is 1. The van der Waals surface area contributed by atoms with Crippen molar-refractivity contribution in [2.75, 3.05) is 13.1 Å². The van der Waals surface area contributed by atoms with Gasteiger partial charge in [-0.15, -0.1) is 0 Å². The molecule has 0 aliphatic heterocycles. The van der Waals surface area contributed by atoms with Crippen LogP contribution in [0.5, 0.6) is 0 Å². The number of halogens is 3. The molecule has 4 aromatic rings. The summed E-state index contributed by atoms with van der Waals surface area (Å²) in [6.07, 6.45) is 1.96. The van der Waals surface area contributed by atoms with Gasteiger partial charge in [0.1, 0.15) is 5.82 Å². The van der Waals surface area contributed by atoms with Crippen molar-refractivity contribution in [3.8, 4) is 0 Å². The zero-order chi connectivity index (χ0) is 24.1. The molecule has 4 rings (SSSR count). The Balaban J connectivity index is 1.20. The number of nitrogens with zero attached hydrogens (tertiary/aromatic N) is 3. The van der Waals surface area contributed by atoms with Crippen molar-refractivity contribution < 1.29 is 27.3 Å². The molecule has 2 aromatic carbocycles. The first-order chi connectivity index (χ1) is 16.4. The molecule has 0 spiro atoms. The first-order valence-electron chi connectivity index (χ1n) is 10.5. The van der Waals surface area contributed by atoms with Crippen LogP contribution in [0.25, 0.3) is 10.9 Å². The molecule has 0 aliphatic carbocycles. The highest BCUT2D eigenvalue weighted by Crippen LogP contribution is 2.16. The zero-order valence-corrected chi connectivity index (χ0v) is 17.9. The van der Waals surface area contributed by atoms with E-state index in [0.717, 1.165) is 10.9 Å². The maximum atomic E-state index is 13.6. The average Bonchev–Trinajstić information content (AvgIpc) is 3.46. The fourth-order valence-electron chi connectivity index (χ4n) is 3.39. The van der Waals surface area contributed by atoms with Crippen LogP contribution in [0.3, 0.4) is 0 Å². The van der Waals surface area contributed by atoms with E-state index in [-0.39, 0.29) is 24.5 Å². The lowest BCUT2D eigenvalue weighted by Gasteiger charge is -2.07. The second-order valence-corrected chi connectivity index (χ2v) is 7.47. The Morgan fingerprint density at radius 3 is 2.59 bits per heavy atom. The molecule has 0 fully saturated rings. The molecule has 0 saturated heterocycles. The first kappa shape index (κ1) is 23.0. The van der Waals surface area contributed by atoms with E-state index in [9.17, 15) is 22.8 Å². The predicted octanol–water partition coefficient (Wildman–Crippen LogP) is 2.77. The fourth-order valence-corrected chi connectivity index (χ4v) is 3.39. The maximum absolute atomic E-state index is 13.6. The minimum absolute atomic E-state index is 0.0254. The summed E-state index contributed by atoms with van der Waals surface area (Å²) in [6, 6.07) is 11.0. The Kier molecular flexibility index (Phi) is 6.90. The van der Waals surface area contributed by atoms with Gasteiger partial charge in [-0.25, -0.2) is 13.2 Å². The highest BCUT2D eigenvalue weighted by molar-refractivity contribution is 5.89. The van der Waals surface area contributed by atoms with E-state index >= 15 is 0 Å². The molecule has 2 N–H and O–H groups in total. The molecule has 0 unspecified atom stereocenters. The first-order valence-corrected chi connectivity index (χ1v) is 10.5. The zero-order valence-electron chi connectivity index (χ0n) is 17.9. The minimum atomic E-state index is -1.33. The van der Waals surface area contributed by atoms with Crippen LogP contribution < -0.4 is 10.6 Å². The molecule has 176 valence electrons. The van der Waals surface area contributed by atoms with Gasteiger partial charge < -0.3 is 19.7 Å². The summed E-state index contributed by atoms with van der Waals surface area (Å²) in [4.78, 5) is 28.1. The Hall–Kier alpha value is -4.15. The van der Waals surface area contributed by atoms with E-state index in [4.69, 9.17) is 4.52 Å². The molecular formula is C23H20F3N5O3.